The second-order valence-electron chi connectivity index (χ2n) is 4.94. The number of non-ortho nitro benzene ring substituents is 1. The number of carbonyl (C=O) groups is 1. The van der Waals surface area contributed by atoms with Gasteiger partial charge in [0.25, 0.3) is 11.6 Å². The van der Waals surface area contributed by atoms with Crippen molar-refractivity contribution >= 4 is 11.6 Å². The number of aromatic nitrogens is 2. The van der Waals surface area contributed by atoms with E-state index in [9.17, 15) is 14.9 Å². The number of nitrogens with one attached hydrogen (secondary N) is 1. The molecule has 2 heterocycles. The fourth-order valence-corrected chi connectivity index (χ4v) is 2.02. The number of nitro benzene ring substituents is 1. The third-order valence-corrected chi connectivity index (χ3v) is 3.22. The van der Waals surface area contributed by atoms with Crippen LogP contribution in [0.15, 0.2) is 51.6 Å². The summed E-state index contributed by atoms with van der Waals surface area (Å²) in [7, 11) is 0. The molecule has 2 aromatic heterocycles. The van der Waals surface area contributed by atoms with E-state index < -0.39 is 16.9 Å². The summed E-state index contributed by atoms with van der Waals surface area (Å²) in [6.07, 6.45) is 1.40. The Labute approximate surface area is 135 Å². The predicted octanol–water partition coefficient (Wildman–Crippen LogP) is 2.73. The van der Waals surface area contributed by atoms with Gasteiger partial charge in [-0.25, -0.2) is 0 Å². The van der Waals surface area contributed by atoms with Crippen LogP contribution in [0.3, 0.4) is 0 Å². The molecular weight excluding hydrogens is 316 g/mol. The number of carbonyl (C=O) groups excluding carboxylic acids is 1. The van der Waals surface area contributed by atoms with E-state index in [0.29, 0.717) is 5.56 Å². The van der Waals surface area contributed by atoms with Gasteiger partial charge in [0, 0.05) is 17.7 Å². The van der Waals surface area contributed by atoms with Crippen LogP contribution in [0.1, 0.15) is 29.4 Å². The third kappa shape index (κ3) is 3.14. The normalized spacial score (nSPS) is 11.9. The minimum atomic E-state index is -0.553. The largest absolute Gasteiger partial charge is 0.459 e. The SMILES string of the molecule is C[C@@H](NC(=O)c1ccco1)c1nc(-c2cccc([N+](=O)[O-])c2)no1. The van der Waals surface area contributed by atoms with Crippen LogP contribution >= 0.6 is 0 Å². The Morgan fingerprint density at radius 3 is 2.88 bits per heavy atom. The van der Waals surface area contributed by atoms with Gasteiger partial charge in [-0.1, -0.05) is 17.3 Å². The van der Waals surface area contributed by atoms with Gasteiger partial charge in [-0.2, -0.15) is 4.98 Å². The van der Waals surface area contributed by atoms with E-state index in [4.69, 9.17) is 8.94 Å². The Bertz CT molecular complexity index is 872. The van der Waals surface area contributed by atoms with Crippen molar-refractivity contribution < 1.29 is 18.7 Å². The molecular formula is C15H12N4O5. The van der Waals surface area contributed by atoms with Gasteiger partial charge in [0.2, 0.25) is 11.7 Å². The second-order valence-corrected chi connectivity index (χ2v) is 4.94. The van der Waals surface area contributed by atoms with Crippen molar-refractivity contribution in [3.8, 4) is 11.4 Å². The van der Waals surface area contributed by atoms with Crippen LogP contribution in [0.25, 0.3) is 11.4 Å². The Morgan fingerprint density at radius 1 is 1.33 bits per heavy atom. The molecule has 3 rings (SSSR count). The number of hydrogen-bond acceptors (Lipinski definition) is 7. The van der Waals surface area contributed by atoms with Gasteiger partial charge >= 0.3 is 0 Å². The molecule has 122 valence electrons. The summed E-state index contributed by atoms with van der Waals surface area (Å²) in [6, 6.07) is 8.47. The standard InChI is InChI=1S/C15H12N4O5/c1-9(16-14(20)12-6-3-7-23-12)15-17-13(18-24-15)10-4-2-5-11(8-10)19(21)22/h2-9H,1H3,(H,16,20)/t9-/m1/s1. The number of furan rings is 1. The highest BCUT2D eigenvalue weighted by atomic mass is 16.6. The molecule has 1 amide bonds. The molecule has 9 nitrogen and oxygen atoms in total. The molecule has 9 heteroatoms. The molecule has 0 saturated carbocycles. The van der Waals surface area contributed by atoms with Gasteiger partial charge in [-0.15, -0.1) is 0 Å². The topological polar surface area (TPSA) is 124 Å². The van der Waals surface area contributed by atoms with Gasteiger partial charge in [0.1, 0.15) is 6.04 Å². The zero-order valence-corrected chi connectivity index (χ0v) is 12.5. The van der Waals surface area contributed by atoms with Crippen LogP contribution in [0.4, 0.5) is 5.69 Å². The maximum atomic E-state index is 11.9. The molecule has 0 aliphatic heterocycles. The molecule has 1 aromatic carbocycles. The van der Waals surface area contributed by atoms with E-state index in [1.807, 2.05) is 0 Å². The number of hydrogen-bond donors (Lipinski definition) is 1. The maximum absolute atomic E-state index is 11.9. The summed E-state index contributed by atoms with van der Waals surface area (Å²) in [5.41, 5.74) is 0.377. The highest BCUT2D eigenvalue weighted by molar-refractivity contribution is 5.91. The van der Waals surface area contributed by atoms with Crippen molar-refractivity contribution in [3.05, 3.63) is 64.4 Å². The molecule has 1 atom stereocenters. The number of amides is 1. The summed E-state index contributed by atoms with van der Waals surface area (Å²) >= 11 is 0. The van der Waals surface area contributed by atoms with E-state index in [1.54, 1.807) is 19.1 Å². The Morgan fingerprint density at radius 2 is 2.17 bits per heavy atom. The highest BCUT2D eigenvalue weighted by Gasteiger charge is 2.20. The summed E-state index contributed by atoms with van der Waals surface area (Å²) in [5, 5.41) is 17.3. The molecule has 1 N–H and O–H groups in total. The lowest BCUT2D eigenvalue weighted by Gasteiger charge is -2.07. The smallest absolute Gasteiger partial charge is 0.287 e. The van der Waals surface area contributed by atoms with Crippen molar-refractivity contribution in [1.29, 1.82) is 0 Å². The van der Waals surface area contributed by atoms with Gasteiger partial charge in [0.05, 0.1) is 11.2 Å². The number of rotatable bonds is 5. The van der Waals surface area contributed by atoms with Gasteiger partial charge < -0.3 is 14.3 Å². The predicted molar refractivity (Wildman–Crippen MR) is 81.0 cm³/mol. The minimum absolute atomic E-state index is 0.0713. The lowest BCUT2D eigenvalue weighted by molar-refractivity contribution is -0.384. The van der Waals surface area contributed by atoms with Crippen molar-refractivity contribution in [2.45, 2.75) is 13.0 Å². The maximum Gasteiger partial charge on any atom is 0.287 e. The van der Waals surface area contributed by atoms with Crippen LogP contribution in [0, 0.1) is 10.1 Å². The van der Waals surface area contributed by atoms with Crippen LogP contribution in [0.2, 0.25) is 0 Å². The molecule has 0 saturated heterocycles. The quantitative estimate of drug-likeness (QED) is 0.564. The number of nitrogens with zero attached hydrogens (tertiary/aromatic N) is 3. The molecule has 0 bridgehead atoms. The van der Waals surface area contributed by atoms with Crippen molar-refractivity contribution in [1.82, 2.24) is 15.5 Å². The molecule has 0 unspecified atom stereocenters. The number of nitro groups is 1. The minimum Gasteiger partial charge on any atom is -0.459 e. The molecule has 0 aliphatic carbocycles. The molecule has 24 heavy (non-hydrogen) atoms. The second kappa shape index (κ2) is 6.32. The fraction of sp³-hybridized carbons (Fsp3) is 0.133. The van der Waals surface area contributed by atoms with Gasteiger partial charge in [-0.3, -0.25) is 14.9 Å². The average molecular weight is 328 g/mol. The molecule has 0 fully saturated rings. The first-order chi connectivity index (χ1) is 11.5. The van der Waals surface area contributed by atoms with Crippen molar-refractivity contribution in [2.24, 2.45) is 0 Å². The third-order valence-electron chi connectivity index (χ3n) is 3.22. The monoisotopic (exact) mass is 328 g/mol. The van der Waals surface area contributed by atoms with Gasteiger partial charge in [-0.05, 0) is 19.1 Å². The molecule has 0 spiro atoms. The lowest BCUT2D eigenvalue weighted by atomic mass is 10.2. The average Bonchev–Trinajstić information content (AvgIpc) is 3.26. The van der Waals surface area contributed by atoms with E-state index in [2.05, 4.69) is 15.5 Å². The molecule has 0 aliphatic rings. The number of benzene rings is 1. The van der Waals surface area contributed by atoms with Crippen LogP contribution in [-0.4, -0.2) is 21.0 Å². The van der Waals surface area contributed by atoms with E-state index in [-0.39, 0.29) is 23.2 Å². The molecule has 0 radical (unpaired) electrons. The Hall–Kier alpha value is -3.49. The first-order valence-electron chi connectivity index (χ1n) is 6.97. The zero-order chi connectivity index (χ0) is 17.1. The zero-order valence-electron chi connectivity index (χ0n) is 12.5. The lowest BCUT2D eigenvalue weighted by Crippen LogP contribution is -2.26. The van der Waals surface area contributed by atoms with E-state index in [0.717, 1.165) is 0 Å². The van der Waals surface area contributed by atoms with Crippen molar-refractivity contribution in [2.75, 3.05) is 0 Å². The summed E-state index contributed by atoms with van der Waals surface area (Å²) in [4.78, 5) is 26.4. The first-order valence-corrected chi connectivity index (χ1v) is 6.97. The van der Waals surface area contributed by atoms with E-state index >= 15 is 0 Å². The fourth-order valence-electron chi connectivity index (χ4n) is 2.02. The summed E-state index contributed by atoms with van der Waals surface area (Å²) < 4.78 is 10.1. The Kier molecular flexibility index (Phi) is 4.06. The Balaban J connectivity index is 1.76. The first kappa shape index (κ1) is 15.4. The van der Waals surface area contributed by atoms with Crippen LogP contribution in [-0.2, 0) is 0 Å². The van der Waals surface area contributed by atoms with Gasteiger partial charge in [0.15, 0.2) is 5.76 Å². The highest BCUT2D eigenvalue weighted by Crippen LogP contribution is 2.22. The van der Waals surface area contributed by atoms with Crippen LogP contribution < -0.4 is 5.32 Å². The summed E-state index contributed by atoms with van der Waals surface area (Å²) in [6.45, 7) is 1.67. The summed E-state index contributed by atoms with van der Waals surface area (Å²) in [5.74, 6) is 0.132. The van der Waals surface area contributed by atoms with Crippen molar-refractivity contribution in [3.63, 3.8) is 0 Å². The molecule has 3 aromatic rings. The van der Waals surface area contributed by atoms with Crippen LogP contribution in [0.5, 0.6) is 0 Å². The van der Waals surface area contributed by atoms with E-state index in [1.165, 1.54) is 30.5 Å².